The van der Waals surface area contributed by atoms with Crippen LogP contribution in [0, 0.1) is 18.6 Å². The molecule has 0 unspecified atom stereocenters. The average molecular weight is 431 g/mol. The zero-order valence-corrected chi connectivity index (χ0v) is 17.2. The minimum Gasteiger partial charge on any atom is -0.493 e. The maximum absolute atomic E-state index is 14.5. The van der Waals surface area contributed by atoms with Gasteiger partial charge in [-0.25, -0.2) is 18.7 Å². The van der Waals surface area contributed by atoms with Gasteiger partial charge in [-0.05, 0) is 48.9 Å². The van der Waals surface area contributed by atoms with Crippen molar-refractivity contribution < 1.29 is 18.3 Å². The van der Waals surface area contributed by atoms with Crippen molar-refractivity contribution in [1.29, 1.82) is 0 Å². The first-order valence-corrected chi connectivity index (χ1v) is 10.1. The molecule has 7 heteroatoms. The fourth-order valence-corrected chi connectivity index (χ4v) is 3.76. The van der Waals surface area contributed by atoms with E-state index in [2.05, 4.69) is 9.97 Å². The van der Waals surface area contributed by atoms with Crippen LogP contribution in [-0.4, -0.2) is 19.5 Å². The molecule has 3 heterocycles. The summed E-state index contributed by atoms with van der Waals surface area (Å²) in [4.78, 5) is 9.24. The van der Waals surface area contributed by atoms with Crippen LogP contribution in [0.3, 0.4) is 0 Å². The van der Waals surface area contributed by atoms with Crippen LogP contribution in [-0.2, 0) is 12.8 Å². The van der Waals surface area contributed by atoms with E-state index >= 15 is 0 Å². The fourth-order valence-electron chi connectivity index (χ4n) is 3.76. The lowest BCUT2D eigenvalue weighted by atomic mass is 10.1. The van der Waals surface area contributed by atoms with Gasteiger partial charge in [0.2, 0.25) is 5.88 Å². The number of rotatable bonds is 5. The minimum absolute atomic E-state index is 0.0745. The predicted molar refractivity (Wildman–Crippen MR) is 116 cm³/mol. The Balaban J connectivity index is 1.67. The van der Waals surface area contributed by atoms with Gasteiger partial charge in [0.05, 0.1) is 17.8 Å². The first kappa shape index (κ1) is 19.9. The van der Waals surface area contributed by atoms with Gasteiger partial charge in [0.1, 0.15) is 28.8 Å². The average Bonchev–Trinajstić information content (AvgIpc) is 3.32. The maximum Gasteiger partial charge on any atom is 0.219 e. The van der Waals surface area contributed by atoms with E-state index in [0.29, 0.717) is 39.6 Å². The molecule has 0 aliphatic rings. The van der Waals surface area contributed by atoms with Crippen LogP contribution >= 0.6 is 0 Å². The zero-order valence-electron chi connectivity index (χ0n) is 17.2. The summed E-state index contributed by atoms with van der Waals surface area (Å²) in [5.41, 5.74) is 2.66. The summed E-state index contributed by atoms with van der Waals surface area (Å²) in [6, 6.07) is 16.2. The summed E-state index contributed by atoms with van der Waals surface area (Å²) < 4.78 is 35.4. The number of imidazole rings is 1. The van der Waals surface area contributed by atoms with Gasteiger partial charge in [0, 0.05) is 18.2 Å². The van der Waals surface area contributed by atoms with Crippen LogP contribution in [0.5, 0.6) is 5.88 Å². The Morgan fingerprint density at radius 1 is 0.938 bits per heavy atom. The third-order valence-electron chi connectivity index (χ3n) is 5.27. The van der Waals surface area contributed by atoms with Gasteiger partial charge in [-0.15, -0.1) is 0 Å². The maximum atomic E-state index is 14.5. The number of hydrogen-bond donors (Lipinski definition) is 1. The molecule has 0 amide bonds. The molecule has 0 aliphatic heterocycles. The van der Waals surface area contributed by atoms with Gasteiger partial charge in [-0.3, -0.25) is 4.40 Å². The van der Waals surface area contributed by atoms with Crippen molar-refractivity contribution in [2.75, 3.05) is 0 Å². The van der Waals surface area contributed by atoms with E-state index in [1.54, 1.807) is 36.5 Å². The smallest absolute Gasteiger partial charge is 0.219 e. The van der Waals surface area contributed by atoms with E-state index < -0.39 is 5.82 Å². The molecular formula is C25H19F2N3O2. The van der Waals surface area contributed by atoms with Crippen molar-refractivity contribution in [3.05, 3.63) is 107 Å². The summed E-state index contributed by atoms with van der Waals surface area (Å²) in [6.45, 7) is 1.84. The highest BCUT2D eigenvalue weighted by Gasteiger charge is 2.19. The molecule has 32 heavy (non-hydrogen) atoms. The SMILES string of the molecule is Cc1ccc(Cc2nc3c(Cc4cccc(F)c4)nc(-c4ccccc4F)cn3c2O)o1. The van der Waals surface area contributed by atoms with Crippen molar-refractivity contribution in [2.45, 2.75) is 19.8 Å². The molecule has 0 saturated heterocycles. The van der Waals surface area contributed by atoms with Crippen LogP contribution in [0.25, 0.3) is 16.9 Å². The molecule has 0 radical (unpaired) electrons. The first-order chi connectivity index (χ1) is 15.5. The van der Waals surface area contributed by atoms with Crippen molar-refractivity contribution in [3.63, 3.8) is 0 Å². The molecule has 3 aromatic heterocycles. The molecule has 0 saturated carbocycles. The number of aryl methyl sites for hydroxylation is 1. The molecule has 0 atom stereocenters. The molecule has 0 spiro atoms. The zero-order chi connectivity index (χ0) is 22.2. The van der Waals surface area contributed by atoms with Gasteiger partial charge in [-0.1, -0.05) is 24.3 Å². The summed E-state index contributed by atoms with van der Waals surface area (Å²) >= 11 is 0. The number of furan rings is 1. The molecule has 0 fully saturated rings. The largest absolute Gasteiger partial charge is 0.493 e. The second-order valence-electron chi connectivity index (χ2n) is 7.62. The van der Waals surface area contributed by atoms with Gasteiger partial charge >= 0.3 is 0 Å². The lowest BCUT2D eigenvalue weighted by Crippen LogP contribution is -2.02. The molecule has 0 aliphatic carbocycles. The van der Waals surface area contributed by atoms with E-state index in [1.807, 2.05) is 19.1 Å². The number of halogens is 2. The predicted octanol–water partition coefficient (Wildman–Crippen LogP) is 5.46. The Labute approximate surface area is 182 Å². The van der Waals surface area contributed by atoms with E-state index in [4.69, 9.17) is 4.42 Å². The first-order valence-electron chi connectivity index (χ1n) is 10.1. The minimum atomic E-state index is -0.429. The number of fused-ring (bicyclic) bond motifs is 1. The summed E-state index contributed by atoms with van der Waals surface area (Å²) in [6.07, 6.45) is 2.11. The van der Waals surface area contributed by atoms with Crippen LogP contribution < -0.4 is 0 Å². The summed E-state index contributed by atoms with van der Waals surface area (Å²) in [5.74, 6) is 0.564. The number of aromatic hydroxyl groups is 1. The van der Waals surface area contributed by atoms with E-state index in [-0.39, 0.29) is 24.5 Å². The molecule has 1 N–H and O–H groups in total. The highest BCUT2D eigenvalue weighted by Crippen LogP contribution is 2.29. The standard InChI is InChI=1S/C25H19F2N3O2/c1-15-9-10-18(32-15)13-22-25(31)30-14-23(19-7-2-3-8-20(19)27)28-21(24(30)29-22)12-16-5-4-6-17(26)11-16/h2-11,14,31H,12-13H2,1H3. The van der Waals surface area contributed by atoms with Gasteiger partial charge in [0.25, 0.3) is 0 Å². The van der Waals surface area contributed by atoms with Crippen molar-refractivity contribution >= 4 is 5.65 Å². The van der Waals surface area contributed by atoms with Crippen LogP contribution in [0.1, 0.15) is 28.5 Å². The highest BCUT2D eigenvalue weighted by molar-refractivity contribution is 5.63. The van der Waals surface area contributed by atoms with Crippen molar-refractivity contribution in [1.82, 2.24) is 14.4 Å². The number of aromatic nitrogens is 3. The Morgan fingerprint density at radius 2 is 1.78 bits per heavy atom. The monoisotopic (exact) mass is 431 g/mol. The Morgan fingerprint density at radius 3 is 2.53 bits per heavy atom. The third-order valence-corrected chi connectivity index (χ3v) is 5.27. The van der Waals surface area contributed by atoms with E-state index in [9.17, 15) is 13.9 Å². The number of benzene rings is 2. The molecular weight excluding hydrogens is 412 g/mol. The lowest BCUT2D eigenvalue weighted by Gasteiger charge is -2.09. The van der Waals surface area contributed by atoms with Crippen molar-refractivity contribution in [2.24, 2.45) is 0 Å². The van der Waals surface area contributed by atoms with Crippen LogP contribution in [0.15, 0.2) is 71.3 Å². The van der Waals surface area contributed by atoms with Gasteiger partial charge in [0.15, 0.2) is 5.65 Å². The Bertz CT molecular complexity index is 1440. The fraction of sp³-hybridized carbons (Fsp3) is 0.120. The van der Waals surface area contributed by atoms with E-state index in [1.165, 1.54) is 22.6 Å². The van der Waals surface area contributed by atoms with Crippen LogP contribution in [0.2, 0.25) is 0 Å². The van der Waals surface area contributed by atoms with Crippen LogP contribution in [0.4, 0.5) is 8.78 Å². The molecule has 5 rings (SSSR count). The molecule has 5 aromatic rings. The Hall–Kier alpha value is -4.00. The topological polar surface area (TPSA) is 63.6 Å². The van der Waals surface area contributed by atoms with Gasteiger partial charge in [-0.2, -0.15) is 0 Å². The highest BCUT2D eigenvalue weighted by atomic mass is 19.1. The second kappa shape index (κ2) is 7.92. The molecule has 0 bridgehead atoms. The summed E-state index contributed by atoms with van der Waals surface area (Å²) in [7, 11) is 0. The normalized spacial score (nSPS) is 11.3. The number of hydrogen-bond acceptors (Lipinski definition) is 4. The van der Waals surface area contributed by atoms with Crippen molar-refractivity contribution in [3.8, 4) is 17.1 Å². The summed E-state index contributed by atoms with van der Waals surface area (Å²) in [5, 5.41) is 10.9. The number of nitrogens with zero attached hydrogens (tertiary/aromatic N) is 3. The lowest BCUT2D eigenvalue weighted by molar-refractivity contribution is 0.436. The quantitative estimate of drug-likeness (QED) is 0.401. The van der Waals surface area contributed by atoms with Gasteiger partial charge < -0.3 is 9.52 Å². The third kappa shape index (κ3) is 3.73. The molecule has 2 aromatic carbocycles. The Kier molecular flexibility index (Phi) is 4.93. The molecule has 5 nitrogen and oxygen atoms in total. The second-order valence-corrected chi connectivity index (χ2v) is 7.62. The molecule has 160 valence electrons. The van der Waals surface area contributed by atoms with E-state index in [0.717, 1.165) is 5.76 Å².